The molecule has 1 heterocycles. The molecule has 0 aromatic carbocycles. The minimum Gasteiger partial charge on any atom is -0.370 e. The summed E-state index contributed by atoms with van der Waals surface area (Å²) in [6.07, 6.45) is -0.206. The third-order valence-electron chi connectivity index (χ3n) is 5.98. The molecule has 42 heavy (non-hydrogen) atoms. The van der Waals surface area contributed by atoms with E-state index < -0.39 is 83.2 Å². The van der Waals surface area contributed by atoms with Crippen LogP contribution in [0.3, 0.4) is 0 Å². The maximum Gasteiger partial charge on any atom is 0.246 e. The lowest BCUT2D eigenvalue weighted by molar-refractivity contribution is -0.141. The largest absolute Gasteiger partial charge is 0.370 e. The van der Waals surface area contributed by atoms with Crippen molar-refractivity contribution in [3.05, 3.63) is 0 Å². The first kappa shape index (κ1) is 36.3. The summed E-state index contributed by atoms with van der Waals surface area (Å²) in [5, 5.41) is 9.77. The minimum atomic E-state index is -1.47. The number of carbonyl (C=O) groups is 7. The number of nitrogens with two attached hydrogens (primary N) is 4. The summed E-state index contributed by atoms with van der Waals surface area (Å²) >= 11 is 0. The van der Waals surface area contributed by atoms with E-state index in [2.05, 4.69) is 26.3 Å². The zero-order chi connectivity index (χ0) is 32.2. The third kappa shape index (κ3) is 12.0. The number of amides is 7. The Morgan fingerprint density at radius 3 is 2.26 bits per heavy atom. The number of nitrogens with zero attached hydrogens (tertiary/aromatic N) is 2. The van der Waals surface area contributed by atoms with Gasteiger partial charge in [-0.25, -0.2) is 0 Å². The van der Waals surface area contributed by atoms with Crippen molar-refractivity contribution in [3.63, 3.8) is 0 Å². The summed E-state index contributed by atoms with van der Waals surface area (Å²) in [6.45, 7) is 4.01. The van der Waals surface area contributed by atoms with Gasteiger partial charge in [-0.1, -0.05) is 21.6 Å². The first-order chi connectivity index (χ1) is 19.5. The Kier molecular flexibility index (Phi) is 14.4. The van der Waals surface area contributed by atoms with Crippen LogP contribution in [0.1, 0.15) is 40.0 Å². The lowest BCUT2D eigenvalue weighted by atomic mass is 10.0. The summed E-state index contributed by atoms with van der Waals surface area (Å²) in [5.41, 5.74) is 21.5. The number of rotatable bonds is 8. The molecule has 7 amide bonds. The molecule has 0 unspecified atom stereocenters. The fourth-order valence-electron chi connectivity index (χ4n) is 3.89. The molecule has 0 spiro atoms. The second kappa shape index (κ2) is 16.6. The number of primary amides is 2. The molecular weight excluding hydrogens is 592 g/mol. The molecule has 0 aromatic heterocycles. The fraction of sp³-hybridized carbons (Fsp3) is 0.652. The Bertz CT molecular complexity index is 1080. The number of carbonyl (C=O) groups excluding carboxylic acids is 7. The molecule has 1 aliphatic rings. The van der Waals surface area contributed by atoms with Gasteiger partial charge in [0.15, 0.2) is 5.96 Å². The third-order valence-corrected chi connectivity index (χ3v) is 9.28. The van der Waals surface area contributed by atoms with Gasteiger partial charge in [0.1, 0.15) is 24.2 Å². The Morgan fingerprint density at radius 2 is 1.71 bits per heavy atom. The molecule has 17 nitrogen and oxygen atoms in total. The van der Waals surface area contributed by atoms with Crippen LogP contribution in [0.2, 0.25) is 0 Å². The smallest absolute Gasteiger partial charge is 0.246 e. The van der Waals surface area contributed by atoms with Crippen molar-refractivity contribution in [3.8, 4) is 0 Å². The Morgan fingerprint density at radius 1 is 1.07 bits per heavy atom. The molecule has 1 aliphatic heterocycles. The minimum absolute atomic E-state index is 0.0168. The predicted octanol–water partition coefficient (Wildman–Crippen LogP) is -4.01. The van der Waals surface area contributed by atoms with Crippen molar-refractivity contribution in [1.29, 1.82) is 0 Å². The molecule has 4 atom stereocenters. The van der Waals surface area contributed by atoms with E-state index >= 15 is 0 Å². The number of aliphatic imine (C=N–C) groups is 1. The van der Waals surface area contributed by atoms with Crippen molar-refractivity contribution in [1.82, 2.24) is 26.2 Å². The first-order valence-corrected chi connectivity index (χ1v) is 15.1. The van der Waals surface area contributed by atoms with Crippen LogP contribution in [0.15, 0.2) is 4.99 Å². The summed E-state index contributed by atoms with van der Waals surface area (Å²) < 4.78 is -1.07. The number of hydrogen-bond acceptors (Lipinski definition) is 10. The summed E-state index contributed by atoms with van der Waals surface area (Å²) in [5.74, 6) is -5.47. The van der Waals surface area contributed by atoms with Gasteiger partial charge in [-0.3, -0.25) is 38.6 Å². The van der Waals surface area contributed by atoms with Gasteiger partial charge in [-0.2, -0.15) is 0 Å². The average Bonchev–Trinajstić information content (AvgIpc) is 2.87. The molecule has 1 fully saturated rings. The maximum absolute atomic E-state index is 13.5. The molecule has 0 saturated carbocycles. The quantitative estimate of drug-likeness (QED) is 0.0552. The lowest BCUT2D eigenvalue weighted by Gasteiger charge is -2.33. The Labute approximate surface area is 251 Å². The van der Waals surface area contributed by atoms with Crippen molar-refractivity contribution in [2.45, 2.75) is 68.9 Å². The highest BCUT2D eigenvalue weighted by atomic mass is 33.1. The van der Waals surface area contributed by atoms with Crippen molar-refractivity contribution in [2.24, 2.45) is 27.9 Å². The van der Waals surface area contributed by atoms with Crippen LogP contribution < -0.4 is 44.2 Å². The van der Waals surface area contributed by atoms with Crippen LogP contribution in [0.25, 0.3) is 0 Å². The highest BCUT2D eigenvalue weighted by Gasteiger charge is 2.39. The van der Waals surface area contributed by atoms with E-state index in [1.165, 1.54) is 14.0 Å². The summed E-state index contributed by atoms with van der Waals surface area (Å²) in [7, 11) is 3.61. The number of hydrogen-bond donors (Lipinski definition) is 8. The molecule has 0 radical (unpaired) electrons. The second-order valence-electron chi connectivity index (χ2n) is 9.99. The van der Waals surface area contributed by atoms with Crippen molar-refractivity contribution >= 4 is 68.9 Å². The summed E-state index contributed by atoms with van der Waals surface area (Å²) in [6, 6.07) is -4.92. The van der Waals surface area contributed by atoms with E-state index in [4.69, 9.17) is 22.9 Å². The first-order valence-electron chi connectivity index (χ1n) is 12.8. The zero-order valence-electron chi connectivity index (χ0n) is 23.9. The molecule has 1 saturated heterocycles. The number of nitrogens with one attached hydrogen (secondary N) is 4. The standard InChI is InChI=1S/C23H40N10O7S2/c1-11(34)30-13-10-41-42-23(2,3)17(18(25)37)32-19(38)12(8-15(24)35)31-16(36)9-29-20(39)14(33(4)21(13)40)6-5-7-28-22(26)27/h12-14,17H,5-10H2,1-4H3,(H2,24,35)(H2,25,37)(H,29,39)(H,30,34)(H,31,36)(H,32,38)(H4,26,27,28)/t12-,13-,14-,17+/m0/s1. The van der Waals surface area contributed by atoms with Crippen molar-refractivity contribution < 1.29 is 33.6 Å². The molecule has 1 rings (SSSR count). The molecule has 0 bridgehead atoms. The van der Waals surface area contributed by atoms with Gasteiger partial charge in [-0.15, -0.1) is 0 Å². The highest BCUT2D eigenvalue weighted by molar-refractivity contribution is 8.77. The lowest BCUT2D eigenvalue weighted by Crippen LogP contribution is -2.60. The highest BCUT2D eigenvalue weighted by Crippen LogP contribution is 2.38. The molecule has 0 aromatic rings. The fourth-order valence-corrected chi connectivity index (χ4v) is 6.70. The molecule has 19 heteroatoms. The predicted molar refractivity (Wildman–Crippen MR) is 158 cm³/mol. The molecule has 12 N–H and O–H groups in total. The van der Waals surface area contributed by atoms with Gasteiger partial charge in [0.05, 0.1) is 13.0 Å². The van der Waals surface area contributed by atoms with Crippen LogP contribution in [-0.4, -0.2) is 107 Å². The molecule has 0 aliphatic carbocycles. The van der Waals surface area contributed by atoms with E-state index in [1.807, 2.05) is 0 Å². The van der Waals surface area contributed by atoms with Crippen LogP contribution in [0.4, 0.5) is 0 Å². The van der Waals surface area contributed by atoms with Gasteiger partial charge >= 0.3 is 0 Å². The van der Waals surface area contributed by atoms with E-state index in [-0.39, 0.29) is 24.7 Å². The maximum atomic E-state index is 13.5. The van der Waals surface area contributed by atoms with Crippen LogP contribution in [-0.2, 0) is 33.6 Å². The average molecular weight is 633 g/mol. The van der Waals surface area contributed by atoms with E-state index in [0.29, 0.717) is 6.42 Å². The van der Waals surface area contributed by atoms with Crippen molar-refractivity contribution in [2.75, 3.05) is 25.9 Å². The molecule has 236 valence electrons. The topological polar surface area (TPSA) is 287 Å². The summed E-state index contributed by atoms with van der Waals surface area (Å²) in [4.78, 5) is 93.3. The number of guanidine groups is 1. The van der Waals surface area contributed by atoms with Gasteiger partial charge < -0.3 is 49.1 Å². The normalized spacial score (nSPS) is 24.3. The number of likely N-dealkylation sites (N-methyl/N-ethyl adjacent to an activating group) is 1. The van der Waals surface area contributed by atoms with Crippen LogP contribution >= 0.6 is 21.6 Å². The van der Waals surface area contributed by atoms with E-state index in [1.54, 1.807) is 13.8 Å². The Balaban J connectivity index is 3.46. The zero-order valence-corrected chi connectivity index (χ0v) is 25.6. The monoisotopic (exact) mass is 632 g/mol. The molecular formula is C23H40N10O7S2. The van der Waals surface area contributed by atoms with Gasteiger partial charge in [0.2, 0.25) is 41.4 Å². The van der Waals surface area contributed by atoms with Gasteiger partial charge in [-0.05, 0) is 26.7 Å². The van der Waals surface area contributed by atoms with Crippen LogP contribution in [0, 0.1) is 0 Å². The van der Waals surface area contributed by atoms with E-state index in [0.717, 1.165) is 26.5 Å². The second-order valence-corrected chi connectivity index (χ2v) is 13.0. The Hall–Kier alpha value is -3.74. The van der Waals surface area contributed by atoms with Gasteiger partial charge in [0, 0.05) is 31.0 Å². The van der Waals surface area contributed by atoms with Gasteiger partial charge in [0.25, 0.3) is 0 Å². The SMILES string of the molecule is CC(=O)N[C@H]1CSSC(C)(C)[C@@H](C(N)=O)NC(=O)[C@H](CC(N)=O)NC(=O)CNC(=O)[C@H](CCCN=C(N)N)N(C)C1=O. The van der Waals surface area contributed by atoms with Crippen LogP contribution in [0.5, 0.6) is 0 Å². The van der Waals surface area contributed by atoms with E-state index in [9.17, 15) is 33.6 Å².